The number of benzene rings is 1. The number of anilines is 1. The van der Waals surface area contributed by atoms with Gasteiger partial charge in [-0.3, -0.25) is 9.79 Å². The second-order valence-corrected chi connectivity index (χ2v) is 7.58. The number of hydrogen-bond donors (Lipinski definition) is 0. The third-order valence-electron chi connectivity index (χ3n) is 5.10. The number of halogens is 1. The van der Waals surface area contributed by atoms with Crippen LogP contribution in [0.1, 0.15) is 18.7 Å². The van der Waals surface area contributed by atoms with Gasteiger partial charge in [0, 0.05) is 23.2 Å². The molecule has 158 valence electrons. The number of aliphatic imine (C=N–C) groups is 2. The molecule has 0 N–H and O–H groups in total. The van der Waals surface area contributed by atoms with E-state index in [9.17, 15) is 4.79 Å². The number of carbonyl (C=O) groups is 1. The molecule has 31 heavy (non-hydrogen) atoms. The molecule has 1 aromatic carbocycles. The lowest BCUT2D eigenvalue weighted by molar-refractivity contribution is -0.116. The van der Waals surface area contributed by atoms with Crippen LogP contribution in [0.25, 0.3) is 11.3 Å². The molecule has 1 fully saturated rings. The summed E-state index contributed by atoms with van der Waals surface area (Å²) in [5.41, 5.74) is 2.06. The summed E-state index contributed by atoms with van der Waals surface area (Å²) >= 11 is 6.10. The van der Waals surface area contributed by atoms with Crippen molar-refractivity contribution in [1.29, 1.82) is 0 Å². The predicted molar refractivity (Wildman–Crippen MR) is 114 cm³/mol. The fourth-order valence-electron chi connectivity index (χ4n) is 3.67. The molecule has 0 unspecified atom stereocenters. The van der Waals surface area contributed by atoms with Gasteiger partial charge in [-0.05, 0) is 19.1 Å². The summed E-state index contributed by atoms with van der Waals surface area (Å²) in [4.78, 5) is 22.0. The Morgan fingerprint density at radius 2 is 2.16 bits per heavy atom. The van der Waals surface area contributed by atoms with Gasteiger partial charge in [0.25, 0.3) is 5.91 Å². The first-order valence-corrected chi connectivity index (χ1v) is 10.1. The van der Waals surface area contributed by atoms with Gasteiger partial charge >= 0.3 is 0 Å². The Bertz CT molecular complexity index is 1200. The van der Waals surface area contributed by atoms with Crippen LogP contribution in [0, 0.1) is 0 Å². The lowest BCUT2D eigenvalue weighted by atomic mass is 10.1. The zero-order chi connectivity index (χ0) is 21.4. The molecule has 4 heterocycles. The van der Waals surface area contributed by atoms with Gasteiger partial charge in [0.05, 0.1) is 18.9 Å². The summed E-state index contributed by atoms with van der Waals surface area (Å²) in [6.07, 6.45) is 1.57. The molecule has 11 heteroatoms. The van der Waals surface area contributed by atoms with E-state index in [4.69, 9.17) is 20.9 Å². The van der Waals surface area contributed by atoms with Crippen molar-refractivity contribution in [3.05, 3.63) is 47.4 Å². The van der Waals surface area contributed by atoms with E-state index in [1.807, 2.05) is 29.2 Å². The van der Waals surface area contributed by atoms with E-state index in [0.717, 1.165) is 5.56 Å². The van der Waals surface area contributed by atoms with Gasteiger partial charge in [0.15, 0.2) is 11.6 Å². The van der Waals surface area contributed by atoms with Gasteiger partial charge in [-0.15, -0.1) is 10.2 Å². The van der Waals surface area contributed by atoms with Crippen LogP contribution in [-0.2, 0) is 9.53 Å². The van der Waals surface area contributed by atoms with E-state index in [1.165, 1.54) is 0 Å². The van der Waals surface area contributed by atoms with E-state index in [-0.39, 0.29) is 18.5 Å². The Kier molecular flexibility index (Phi) is 5.08. The third-order valence-corrected chi connectivity index (χ3v) is 5.34. The summed E-state index contributed by atoms with van der Waals surface area (Å²) < 4.78 is 13.0. The number of nitrogens with zero attached hydrogens (tertiary/aromatic N) is 7. The van der Waals surface area contributed by atoms with Crippen molar-refractivity contribution in [3.8, 4) is 11.3 Å². The Balaban J connectivity index is 1.48. The van der Waals surface area contributed by atoms with Gasteiger partial charge in [0.1, 0.15) is 24.6 Å². The molecule has 2 aliphatic rings. The Labute approximate surface area is 182 Å². The SMILES string of the molecule is CC1=NC(=O)CN=C1n1cnnc1N1CCOC[C@@H]1c1cc(-c2cccc(Cl)c2)on1. The largest absolute Gasteiger partial charge is 0.377 e. The van der Waals surface area contributed by atoms with Gasteiger partial charge < -0.3 is 14.2 Å². The summed E-state index contributed by atoms with van der Waals surface area (Å²) in [7, 11) is 0. The molecule has 2 aliphatic heterocycles. The minimum absolute atomic E-state index is 0.00309. The highest BCUT2D eigenvalue weighted by molar-refractivity contribution is 6.44. The fourth-order valence-corrected chi connectivity index (χ4v) is 3.86. The topological polar surface area (TPSA) is 111 Å². The molecule has 1 amide bonds. The molecule has 0 radical (unpaired) electrons. The zero-order valence-corrected chi connectivity index (χ0v) is 17.4. The summed E-state index contributed by atoms with van der Waals surface area (Å²) in [5, 5.41) is 13.3. The minimum Gasteiger partial charge on any atom is -0.377 e. The highest BCUT2D eigenvalue weighted by Crippen LogP contribution is 2.31. The van der Waals surface area contributed by atoms with Crippen molar-refractivity contribution in [2.45, 2.75) is 13.0 Å². The molecule has 3 aromatic rings. The molecule has 0 bridgehead atoms. The normalized spacial score (nSPS) is 19.4. The highest BCUT2D eigenvalue weighted by Gasteiger charge is 2.32. The molecule has 0 aliphatic carbocycles. The van der Waals surface area contributed by atoms with E-state index in [2.05, 4.69) is 25.3 Å². The molecule has 10 nitrogen and oxygen atoms in total. The smallest absolute Gasteiger partial charge is 0.267 e. The summed E-state index contributed by atoms with van der Waals surface area (Å²) in [6, 6.07) is 9.03. The van der Waals surface area contributed by atoms with Gasteiger partial charge in [-0.25, -0.2) is 9.56 Å². The lowest BCUT2D eigenvalue weighted by Crippen LogP contribution is -2.42. The number of morpholine rings is 1. The van der Waals surface area contributed by atoms with E-state index in [1.54, 1.807) is 23.9 Å². The Hall–Kier alpha value is -3.37. The van der Waals surface area contributed by atoms with Crippen LogP contribution in [0.2, 0.25) is 5.02 Å². The maximum atomic E-state index is 11.6. The number of carbonyl (C=O) groups excluding carboxylic acids is 1. The lowest BCUT2D eigenvalue weighted by Gasteiger charge is -2.35. The van der Waals surface area contributed by atoms with Crippen molar-refractivity contribution < 1.29 is 14.1 Å². The molecule has 5 rings (SSSR count). The quantitative estimate of drug-likeness (QED) is 0.616. The van der Waals surface area contributed by atoms with Crippen molar-refractivity contribution in [2.24, 2.45) is 9.98 Å². The molecule has 2 aromatic heterocycles. The van der Waals surface area contributed by atoms with Crippen molar-refractivity contribution in [1.82, 2.24) is 19.9 Å². The molecular formula is C20H18ClN7O3. The van der Waals surface area contributed by atoms with Crippen molar-refractivity contribution in [2.75, 3.05) is 31.2 Å². The standard InChI is InChI=1S/C20H18ClN7O3/c1-12-19(22-9-18(29)24-12)28-11-23-25-20(28)27-5-6-30-10-16(27)15-8-17(31-26-15)13-3-2-4-14(21)7-13/h2-4,7-8,11,16H,5-6,9-10H2,1H3/t16-/m1/s1. The maximum absolute atomic E-state index is 11.6. The third kappa shape index (κ3) is 3.75. The summed E-state index contributed by atoms with van der Waals surface area (Å²) in [6.45, 7) is 3.26. The molecule has 1 atom stereocenters. The first-order chi connectivity index (χ1) is 15.1. The first kappa shape index (κ1) is 19.6. The average Bonchev–Trinajstić information content (AvgIpc) is 3.44. The van der Waals surface area contributed by atoms with E-state index >= 15 is 0 Å². The zero-order valence-electron chi connectivity index (χ0n) is 16.6. The van der Waals surface area contributed by atoms with Crippen LogP contribution in [0.15, 0.2) is 51.2 Å². The number of rotatable bonds is 3. The van der Waals surface area contributed by atoms with E-state index < -0.39 is 0 Å². The van der Waals surface area contributed by atoms with E-state index in [0.29, 0.717) is 53.7 Å². The summed E-state index contributed by atoms with van der Waals surface area (Å²) in [5.74, 6) is 1.46. The minimum atomic E-state index is -0.267. The Morgan fingerprint density at radius 1 is 1.26 bits per heavy atom. The van der Waals surface area contributed by atoms with Crippen LogP contribution in [0.4, 0.5) is 5.95 Å². The van der Waals surface area contributed by atoms with Crippen molar-refractivity contribution in [3.63, 3.8) is 0 Å². The Morgan fingerprint density at radius 3 is 3.00 bits per heavy atom. The second-order valence-electron chi connectivity index (χ2n) is 7.14. The molecule has 1 saturated heterocycles. The van der Waals surface area contributed by atoms with Crippen LogP contribution < -0.4 is 4.90 Å². The number of amides is 1. The second kappa shape index (κ2) is 8.05. The van der Waals surface area contributed by atoms with Gasteiger partial charge in [-0.1, -0.05) is 28.9 Å². The van der Waals surface area contributed by atoms with Crippen molar-refractivity contribution >= 4 is 35.0 Å². The van der Waals surface area contributed by atoms with Gasteiger partial charge in [-0.2, -0.15) is 0 Å². The maximum Gasteiger partial charge on any atom is 0.267 e. The number of ether oxygens (including phenoxy) is 1. The number of hydrogen-bond acceptors (Lipinski definition) is 8. The fraction of sp³-hybridized carbons (Fsp3) is 0.300. The monoisotopic (exact) mass is 439 g/mol. The predicted octanol–water partition coefficient (Wildman–Crippen LogP) is 2.41. The molecule has 0 spiro atoms. The van der Waals surface area contributed by atoms with Crippen LogP contribution in [0.5, 0.6) is 0 Å². The molecular weight excluding hydrogens is 422 g/mol. The number of aromatic nitrogens is 4. The highest BCUT2D eigenvalue weighted by atomic mass is 35.5. The average molecular weight is 440 g/mol. The first-order valence-electron chi connectivity index (χ1n) is 9.70. The van der Waals surface area contributed by atoms with Crippen LogP contribution in [0.3, 0.4) is 0 Å². The molecule has 0 saturated carbocycles. The van der Waals surface area contributed by atoms with Crippen LogP contribution in [-0.4, -0.2) is 63.7 Å². The van der Waals surface area contributed by atoms with Gasteiger partial charge in [0.2, 0.25) is 5.95 Å². The van der Waals surface area contributed by atoms with Crippen LogP contribution >= 0.6 is 11.6 Å².